The Bertz CT molecular complexity index is 156. The lowest BCUT2D eigenvalue weighted by Crippen LogP contribution is -2.39. The fraction of sp³-hybridized carbons (Fsp3) is 1.00. The summed E-state index contributed by atoms with van der Waals surface area (Å²) in [6.07, 6.45) is 2.47. The lowest BCUT2D eigenvalue weighted by Gasteiger charge is -2.29. The summed E-state index contributed by atoms with van der Waals surface area (Å²) in [4.78, 5) is 2.61. The van der Waals surface area contributed by atoms with E-state index in [-0.39, 0.29) is 0 Å². The van der Waals surface area contributed by atoms with Crippen molar-refractivity contribution < 1.29 is 0 Å². The first-order valence-electron chi connectivity index (χ1n) is 5.52. The predicted molar refractivity (Wildman–Crippen MR) is 57.7 cm³/mol. The van der Waals surface area contributed by atoms with Crippen LogP contribution in [-0.2, 0) is 0 Å². The van der Waals surface area contributed by atoms with Crippen molar-refractivity contribution in [3.8, 4) is 0 Å². The zero-order chi connectivity index (χ0) is 10.0. The molecule has 0 bridgehead atoms. The van der Waals surface area contributed by atoms with Gasteiger partial charge in [0.2, 0.25) is 0 Å². The quantitative estimate of drug-likeness (QED) is 0.725. The smallest absolute Gasteiger partial charge is 0.00844 e. The summed E-state index contributed by atoms with van der Waals surface area (Å²) < 4.78 is 0. The van der Waals surface area contributed by atoms with Crippen LogP contribution in [0.1, 0.15) is 40.5 Å². The van der Waals surface area contributed by atoms with Crippen molar-refractivity contribution in [2.24, 2.45) is 11.7 Å². The number of nitrogens with two attached hydrogens (primary N) is 1. The fourth-order valence-electron chi connectivity index (χ4n) is 2.62. The number of rotatable bonds is 3. The standard InChI is InChI=1S/C11H24N2/c1-8-5-10(3)13(7-8)11(4)6-9(2)12/h8-11H,5-7,12H2,1-4H3. The molecule has 1 heterocycles. The summed E-state index contributed by atoms with van der Waals surface area (Å²) in [5.41, 5.74) is 5.81. The van der Waals surface area contributed by atoms with Crippen molar-refractivity contribution in [2.75, 3.05) is 6.54 Å². The minimum atomic E-state index is 0.332. The van der Waals surface area contributed by atoms with Gasteiger partial charge in [-0.3, -0.25) is 4.90 Å². The Morgan fingerprint density at radius 3 is 2.38 bits per heavy atom. The number of likely N-dealkylation sites (tertiary alicyclic amines) is 1. The van der Waals surface area contributed by atoms with Gasteiger partial charge in [-0.25, -0.2) is 0 Å². The van der Waals surface area contributed by atoms with Gasteiger partial charge < -0.3 is 5.73 Å². The monoisotopic (exact) mass is 184 g/mol. The first-order chi connectivity index (χ1) is 6.00. The van der Waals surface area contributed by atoms with Crippen LogP contribution < -0.4 is 5.73 Å². The highest BCUT2D eigenvalue weighted by Crippen LogP contribution is 2.25. The molecule has 0 radical (unpaired) electrons. The lowest BCUT2D eigenvalue weighted by molar-refractivity contribution is 0.185. The van der Waals surface area contributed by atoms with E-state index in [2.05, 4.69) is 32.6 Å². The fourth-order valence-corrected chi connectivity index (χ4v) is 2.62. The van der Waals surface area contributed by atoms with Crippen LogP contribution in [0.5, 0.6) is 0 Å². The number of nitrogens with zero attached hydrogens (tertiary/aromatic N) is 1. The van der Waals surface area contributed by atoms with Gasteiger partial charge in [0, 0.05) is 24.7 Å². The Labute approximate surface area is 82.5 Å². The van der Waals surface area contributed by atoms with Crippen LogP contribution in [0.4, 0.5) is 0 Å². The van der Waals surface area contributed by atoms with Crippen molar-refractivity contribution in [3.05, 3.63) is 0 Å². The molecule has 2 heteroatoms. The first-order valence-corrected chi connectivity index (χ1v) is 5.52. The second-order valence-electron chi connectivity index (χ2n) is 4.95. The van der Waals surface area contributed by atoms with Crippen LogP contribution in [-0.4, -0.2) is 29.6 Å². The van der Waals surface area contributed by atoms with Gasteiger partial charge >= 0.3 is 0 Å². The average molecular weight is 184 g/mol. The molecular formula is C11H24N2. The number of hydrogen-bond donors (Lipinski definition) is 1. The summed E-state index contributed by atoms with van der Waals surface area (Å²) >= 11 is 0. The molecule has 0 aromatic carbocycles. The molecule has 2 nitrogen and oxygen atoms in total. The van der Waals surface area contributed by atoms with Crippen molar-refractivity contribution in [2.45, 2.75) is 58.7 Å². The zero-order valence-corrected chi connectivity index (χ0v) is 9.46. The molecule has 13 heavy (non-hydrogen) atoms. The molecule has 1 aliphatic rings. The SMILES string of the molecule is CC(N)CC(C)N1CC(C)CC1C. The van der Waals surface area contributed by atoms with Gasteiger partial charge in [0.05, 0.1) is 0 Å². The second kappa shape index (κ2) is 4.43. The third-order valence-electron chi connectivity index (χ3n) is 3.11. The molecule has 0 aliphatic carbocycles. The van der Waals surface area contributed by atoms with Crippen molar-refractivity contribution in [1.29, 1.82) is 0 Å². The van der Waals surface area contributed by atoms with E-state index in [4.69, 9.17) is 5.73 Å². The van der Waals surface area contributed by atoms with Crippen LogP contribution in [0.15, 0.2) is 0 Å². The minimum absolute atomic E-state index is 0.332. The van der Waals surface area contributed by atoms with Crippen molar-refractivity contribution in [1.82, 2.24) is 4.90 Å². The third-order valence-corrected chi connectivity index (χ3v) is 3.11. The van der Waals surface area contributed by atoms with Gasteiger partial charge in [-0.2, -0.15) is 0 Å². The van der Waals surface area contributed by atoms with Gasteiger partial charge in [0.15, 0.2) is 0 Å². The van der Waals surface area contributed by atoms with Gasteiger partial charge in [0.1, 0.15) is 0 Å². The first kappa shape index (κ1) is 11.0. The van der Waals surface area contributed by atoms with Gasteiger partial charge in [-0.05, 0) is 39.5 Å². The molecule has 0 aromatic rings. The largest absolute Gasteiger partial charge is 0.328 e. The van der Waals surface area contributed by atoms with E-state index >= 15 is 0 Å². The Hall–Kier alpha value is -0.0800. The maximum atomic E-state index is 5.81. The molecule has 4 atom stereocenters. The number of hydrogen-bond acceptors (Lipinski definition) is 2. The Balaban J connectivity index is 2.42. The van der Waals surface area contributed by atoms with Gasteiger partial charge in [-0.15, -0.1) is 0 Å². The summed E-state index contributed by atoms with van der Waals surface area (Å²) in [6, 6.07) is 1.74. The van der Waals surface area contributed by atoms with Crippen LogP contribution >= 0.6 is 0 Å². The molecule has 1 saturated heterocycles. The van der Waals surface area contributed by atoms with Gasteiger partial charge in [-0.1, -0.05) is 6.92 Å². The second-order valence-corrected chi connectivity index (χ2v) is 4.95. The predicted octanol–water partition coefficient (Wildman–Crippen LogP) is 1.84. The topological polar surface area (TPSA) is 29.3 Å². The molecule has 0 saturated carbocycles. The molecule has 1 aliphatic heterocycles. The molecular weight excluding hydrogens is 160 g/mol. The summed E-state index contributed by atoms with van der Waals surface area (Å²) in [7, 11) is 0. The zero-order valence-electron chi connectivity index (χ0n) is 9.46. The summed E-state index contributed by atoms with van der Waals surface area (Å²) in [5.74, 6) is 0.866. The molecule has 4 unspecified atom stereocenters. The normalized spacial score (nSPS) is 34.8. The molecule has 1 rings (SSSR count). The minimum Gasteiger partial charge on any atom is -0.328 e. The van der Waals surface area contributed by atoms with E-state index in [1.807, 2.05) is 0 Å². The van der Waals surface area contributed by atoms with E-state index in [9.17, 15) is 0 Å². The van der Waals surface area contributed by atoms with E-state index in [0.29, 0.717) is 12.1 Å². The van der Waals surface area contributed by atoms with Crippen LogP contribution in [0.2, 0.25) is 0 Å². The Morgan fingerprint density at radius 2 is 2.00 bits per heavy atom. The highest BCUT2D eigenvalue weighted by Gasteiger charge is 2.29. The van der Waals surface area contributed by atoms with Crippen LogP contribution in [0, 0.1) is 5.92 Å². The van der Waals surface area contributed by atoms with E-state index in [1.165, 1.54) is 13.0 Å². The van der Waals surface area contributed by atoms with E-state index in [0.717, 1.165) is 18.4 Å². The molecule has 78 valence electrons. The molecule has 0 aromatic heterocycles. The Kier molecular flexibility index (Phi) is 3.74. The van der Waals surface area contributed by atoms with E-state index < -0.39 is 0 Å². The summed E-state index contributed by atoms with van der Waals surface area (Å²) in [6.45, 7) is 10.3. The molecule has 2 N–H and O–H groups in total. The highest BCUT2D eigenvalue weighted by molar-refractivity contribution is 4.84. The third kappa shape index (κ3) is 2.96. The van der Waals surface area contributed by atoms with Gasteiger partial charge in [0.25, 0.3) is 0 Å². The average Bonchev–Trinajstić information content (AvgIpc) is 2.28. The van der Waals surface area contributed by atoms with Crippen molar-refractivity contribution >= 4 is 0 Å². The highest BCUT2D eigenvalue weighted by atomic mass is 15.2. The molecule has 0 spiro atoms. The molecule has 1 fully saturated rings. The van der Waals surface area contributed by atoms with Crippen LogP contribution in [0.3, 0.4) is 0 Å². The summed E-state index contributed by atoms with van der Waals surface area (Å²) in [5, 5.41) is 0. The van der Waals surface area contributed by atoms with Crippen molar-refractivity contribution in [3.63, 3.8) is 0 Å². The maximum Gasteiger partial charge on any atom is 0.00844 e. The lowest BCUT2D eigenvalue weighted by atomic mass is 10.1. The van der Waals surface area contributed by atoms with E-state index in [1.54, 1.807) is 0 Å². The molecule has 0 amide bonds. The van der Waals surface area contributed by atoms with Crippen LogP contribution in [0.25, 0.3) is 0 Å². The maximum absolute atomic E-state index is 5.81. The Morgan fingerprint density at radius 1 is 1.38 bits per heavy atom.